The highest BCUT2D eigenvalue weighted by Crippen LogP contribution is 2.21. The number of aliphatic hydroxyl groups is 1. The quantitative estimate of drug-likeness (QED) is 0.468. The van der Waals surface area contributed by atoms with Gasteiger partial charge in [0.1, 0.15) is 0 Å². The van der Waals surface area contributed by atoms with Gasteiger partial charge in [0.15, 0.2) is 0 Å². The molecular weight excluding hydrogens is 364 g/mol. The lowest BCUT2D eigenvalue weighted by Gasteiger charge is -2.34. The minimum absolute atomic E-state index is 0.0260. The Morgan fingerprint density at radius 2 is 2.22 bits per heavy atom. The molecule has 0 aliphatic carbocycles. The molecule has 1 aromatic rings. The Labute approximate surface area is 164 Å². The van der Waals surface area contributed by atoms with Crippen LogP contribution in [0.1, 0.15) is 44.2 Å². The first-order valence-electron chi connectivity index (χ1n) is 9.47. The van der Waals surface area contributed by atoms with Crippen LogP contribution in [0.3, 0.4) is 0 Å². The van der Waals surface area contributed by atoms with E-state index in [-0.39, 0.29) is 11.9 Å². The number of piperidine rings is 1. The lowest BCUT2D eigenvalue weighted by Crippen LogP contribution is -2.43. The van der Waals surface area contributed by atoms with Gasteiger partial charge in [0.25, 0.3) is 0 Å². The number of likely N-dealkylation sites (tertiary alicyclic amines) is 1. The molecule has 148 valence electrons. The van der Waals surface area contributed by atoms with E-state index in [1.165, 1.54) is 0 Å². The maximum absolute atomic E-state index is 12.3. The largest absolute Gasteiger partial charge is 0.473 e. The molecule has 2 N–H and O–H groups in total. The van der Waals surface area contributed by atoms with Crippen LogP contribution < -0.4 is 0 Å². The van der Waals surface area contributed by atoms with Crippen molar-refractivity contribution in [3.05, 3.63) is 42.2 Å². The molecule has 0 spiro atoms. The van der Waals surface area contributed by atoms with Crippen molar-refractivity contribution in [1.29, 1.82) is 0 Å². The van der Waals surface area contributed by atoms with Crippen molar-refractivity contribution in [2.75, 3.05) is 12.3 Å². The van der Waals surface area contributed by atoms with Crippen molar-refractivity contribution in [2.45, 2.75) is 57.1 Å². The number of thioether (sulfide) groups is 1. The maximum Gasteiger partial charge on any atom is 0.364 e. The fraction of sp³-hybridized carbons (Fsp3) is 0.550. The van der Waals surface area contributed by atoms with E-state index in [4.69, 9.17) is 5.11 Å². The van der Waals surface area contributed by atoms with Gasteiger partial charge in [-0.25, -0.2) is 4.79 Å². The van der Waals surface area contributed by atoms with Gasteiger partial charge in [-0.05, 0) is 49.6 Å². The summed E-state index contributed by atoms with van der Waals surface area (Å²) in [6.45, 7) is 0.682. The van der Waals surface area contributed by atoms with Gasteiger partial charge in [-0.2, -0.15) is 0 Å². The van der Waals surface area contributed by atoms with Crippen LogP contribution in [0.2, 0.25) is 0 Å². The Hall–Kier alpha value is -1.86. The van der Waals surface area contributed by atoms with Crippen molar-refractivity contribution >= 4 is 23.0 Å². The third kappa shape index (κ3) is 8.13. The molecule has 2 atom stereocenters. The van der Waals surface area contributed by atoms with Crippen molar-refractivity contribution in [3.8, 4) is 0 Å². The van der Waals surface area contributed by atoms with E-state index < -0.39 is 11.4 Å². The number of hydrogen-bond donors (Lipinski definition) is 2. The molecule has 0 saturated carbocycles. The summed E-state index contributed by atoms with van der Waals surface area (Å²) in [5, 5.41) is 18.0. The number of aromatic nitrogens is 1. The molecule has 1 aromatic heterocycles. The van der Waals surface area contributed by atoms with Crippen molar-refractivity contribution in [1.82, 2.24) is 9.88 Å². The van der Waals surface area contributed by atoms with Gasteiger partial charge in [0, 0.05) is 37.0 Å². The van der Waals surface area contributed by atoms with Gasteiger partial charge in [0.2, 0.25) is 5.91 Å². The van der Waals surface area contributed by atoms with Gasteiger partial charge in [0.05, 0.1) is 12.1 Å². The molecule has 0 aromatic carbocycles. The Balaban J connectivity index is 1.79. The van der Waals surface area contributed by atoms with Gasteiger partial charge in [-0.3, -0.25) is 9.78 Å². The van der Waals surface area contributed by atoms with E-state index in [9.17, 15) is 14.7 Å². The van der Waals surface area contributed by atoms with Crippen LogP contribution in [0.15, 0.2) is 36.5 Å². The molecule has 6 nitrogen and oxygen atoms in total. The van der Waals surface area contributed by atoms with Crippen molar-refractivity contribution < 1.29 is 19.8 Å². The van der Waals surface area contributed by atoms with Crippen LogP contribution in [0.25, 0.3) is 0 Å². The van der Waals surface area contributed by atoms with E-state index in [0.29, 0.717) is 25.1 Å². The zero-order valence-electron chi connectivity index (χ0n) is 15.5. The summed E-state index contributed by atoms with van der Waals surface area (Å²) in [6.07, 6.45) is 10.2. The monoisotopic (exact) mass is 392 g/mol. The van der Waals surface area contributed by atoms with E-state index >= 15 is 0 Å². The smallest absolute Gasteiger partial charge is 0.364 e. The average Bonchev–Trinajstić information content (AvgIpc) is 2.65. The summed E-state index contributed by atoms with van der Waals surface area (Å²) in [5.74, 6) is 0.766. The lowest BCUT2D eigenvalue weighted by molar-refractivity contribution is -0.135. The third-order valence-corrected chi connectivity index (χ3v) is 5.32. The molecule has 1 saturated heterocycles. The van der Waals surface area contributed by atoms with Crippen molar-refractivity contribution in [2.24, 2.45) is 0 Å². The van der Waals surface area contributed by atoms with Gasteiger partial charge in [-0.1, -0.05) is 24.6 Å². The Bertz CT molecular complexity index is 624. The number of nitrogens with zero attached hydrogens (tertiary/aromatic N) is 2. The first kappa shape index (κ1) is 21.4. The summed E-state index contributed by atoms with van der Waals surface area (Å²) in [5.41, 5.74) is 0.838. The first-order chi connectivity index (χ1) is 13.1. The van der Waals surface area contributed by atoms with Gasteiger partial charge < -0.3 is 15.1 Å². The Morgan fingerprint density at radius 3 is 2.96 bits per heavy atom. The van der Waals surface area contributed by atoms with Crippen LogP contribution in [-0.2, 0) is 11.2 Å². The van der Waals surface area contributed by atoms with Crippen LogP contribution in [0.4, 0.5) is 4.79 Å². The van der Waals surface area contributed by atoms with Crippen molar-refractivity contribution in [3.63, 3.8) is 0 Å². The number of unbranched alkanes of at least 4 members (excludes halogenated alkanes) is 2. The number of rotatable bonds is 10. The SMILES string of the molecule is O=C(O)SCCCCCN1C(=O)CCC[C@@H]1C=CC(O)Cc1ccccn1. The van der Waals surface area contributed by atoms with E-state index in [2.05, 4.69) is 4.98 Å². The molecule has 1 amide bonds. The standard InChI is InChI=1S/C20H28N2O4S/c23-18(15-16-7-2-3-12-21-16)11-10-17-8-6-9-19(24)22(17)13-4-1-5-14-27-20(25)26/h2-3,7,10-12,17-18,23H,1,4-6,8-9,13-15H2,(H,25,26)/t17-,18?/m1/s1. The normalized spacial score (nSPS) is 18.8. The van der Waals surface area contributed by atoms with Gasteiger partial charge in [-0.15, -0.1) is 0 Å². The highest BCUT2D eigenvalue weighted by atomic mass is 32.2. The fourth-order valence-corrected chi connectivity index (χ4v) is 3.74. The minimum atomic E-state index is -0.837. The second-order valence-electron chi connectivity index (χ2n) is 6.70. The van der Waals surface area contributed by atoms with Crippen LogP contribution in [-0.4, -0.2) is 55.7 Å². The van der Waals surface area contributed by atoms with Crippen LogP contribution in [0, 0.1) is 0 Å². The van der Waals surface area contributed by atoms with Crippen LogP contribution in [0.5, 0.6) is 0 Å². The highest BCUT2D eigenvalue weighted by Gasteiger charge is 2.25. The number of carbonyl (C=O) groups excluding carboxylic acids is 1. The Morgan fingerprint density at radius 1 is 1.37 bits per heavy atom. The number of hydrogen-bond acceptors (Lipinski definition) is 5. The topological polar surface area (TPSA) is 90.7 Å². The predicted octanol–water partition coefficient (Wildman–Crippen LogP) is 3.50. The molecule has 27 heavy (non-hydrogen) atoms. The average molecular weight is 393 g/mol. The Kier molecular flexibility index (Phi) is 9.35. The molecule has 2 heterocycles. The molecule has 1 fully saturated rings. The van der Waals surface area contributed by atoms with Gasteiger partial charge >= 0.3 is 5.30 Å². The number of amides is 1. The number of carboxylic acid groups (broad SMARTS) is 1. The fourth-order valence-electron chi connectivity index (χ4n) is 3.22. The number of pyridine rings is 1. The van der Waals surface area contributed by atoms with E-state index in [1.54, 1.807) is 12.3 Å². The third-order valence-electron chi connectivity index (χ3n) is 4.58. The second-order valence-corrected chi connectivity index (χ2v) is 7.75. The molecule has 7 heteroatoms. The minimum Gasteiger partial charge on any atom is -0.473 e. The first-order valence-corrected chi connectivity index (χ1v) is 10.5. The van der Waals surface area contributed by atoms with E-state index in [0.717, 1.165) is 49.6 Å². The number of aliphatic hydroxyl groups excluding tert-OH is 1. The zero-order chi connectivity index (χ0) is 19.5. The lowest BCUT2D eigenvalue weighted by atomic mass is 9.99. The summed E-state index contributed by atoms with van der Waals surface area (Å²) in [7, 11) is 0. The molecule has 0 bridgehead atoms. The van der Waals surface area contributed by atoms with Crippen LogP contribution >= 0.6 is 11.8 Å². The summed E-state index contributed by atoms with van der Waals surface area (Å²) < 4.78 is 0. The molecule has 1 aliphatic heterocycles. The summed E-state index contributed by atoms with van der Waals surface area (Å²) >= 11 is 0.922. The second kappa shape index (κ2) is 11.8. The molecule has 0 radical (unpaired) electrons. The zero-order valence-corrected chi connectivity index (χ0v) is 16.3. The molecule has 1 aliphatic rings. The highest BCUT2D eigenvalue weighted by molar-refractivity contribution is 8.13. The maximum atomic E-state index is 12.3. The molecule has 1 unspecified atom stereocenters. The summed E-state index contributed by atoms with van der Waals surface area (Å²) in [6, 6.07) is 5.65. The van der Waals surface area contributed by atoms with E-state index in [1.807, 2.05) is 29.2 Å². The summed E-state index contributed by atoms with van der Waals surface area (Å²) in [4.78, 5) is 28.9. The molecular formula is C20H28N2O4S. The predicted molar refractivity (Wildman–Crippen MR) is 107 cm³/mol. The molecule has 2 rings (SSSR count). The number of carbonyl (C=O) groups is 2.